The Bertz CT molecular complexity index is 143. The number of hydrogen-bond acceptors (Lipinski definition) is 3. The Balaban J connectivity index is 2.20. The Labute approximate surface area is 52.8 Å². The van der Waals surface area contributed by atoms with Gasteiger partial charge in [-0.25, -0.2) is 9.78 Å². The summed E-state index contributed by atoms with van der Waals surface area (Å²) in [5.41, 5.74) is 0. The zero-order chi connectivity index (χ0) is 6.27. The Morgan fingerprint density at radius 1 is 1.22 bits per heavy atom. The Morgan fingerprint density at radius 3 is 2.33 bits per heavy atom. The predicted molar refractivity (Wildman–Crippen MR) is 29.2 cm³/mol. The third-order valence-electron chi connectivity index (χ3n) is 1.49. The van der Waals surface area contributed by atoms with Crippen LogP contribution in [0.1, 0.15) is 0 Å². The zero-order valence-corrected chi connectivity index (χ0v) is 4.73. The average Bonchev–Trinajstić information content (AvgIpc) is 1.90. The van der Waals surface area contributed by atoms with Gasteiger partial charge in [0.15, 0.2) is 0 Å². The number of rotatable bonds is 0. The predicted octanol–water partition coefficient (Wildman–Crippen LogP) is -0.180. The molecule has 2 aliphatic heterocycles. The van der Waals surface area contributed by atoms with Crippen molar-refractivity contribution >= 4 is 0 Å². The molecule has 1 fully saturated rings. The third-order valence-corrected chi connectivity index (χ3v) is 1.49. The van der Waals surface area contributed by atoms with Crippen molar-refractivity contribution in [1.29, 1.82) is 0 Å². The van der Waals surface area contributed by atoms with Gasteiger partial charge in [-0.2, -0.15) is 0 Å². The van der Waals surface area contributed by atoms with E-state index in [1.165, 1.54) is 0 Å². The molecule has 0 unspecified atom stereocenters. The van der Waals surface area contributed by atoms with Crippen LogP contribution < -0.4 is 0 Å². The second kappa shape index (κ2) is 1.80. The van der Waals surface area contributed by atoms with E-state index in [1.54, 1.807) is 12.5 Å². The number of aliphatic hydroxyl groups excluding tert-OH is 1. The molecule has 3 rings (SSSR count). The molecule has 1 N–H and O–H groups in total. The molecule has 1 aliphatic carbocycles. The van der Waals surface area contributed by atoms with Crippen LogP contribution in [0.25, 0.3) is 0 Å². The van der Waals surface area contributed by atoms with E-state index < -0.39 is 6.10 Å². The standard InChI is InChI=1S/C6H7O3/c7-5-3-4-1-2-6(5)9-8-4/h1-7H/t4-,5-,6+/m1/s1. The summed E-state index contributed by atoms with van der Waals surface area (Å²) in [6.45, 7) is 0. The summed E-state index contributed by atoms with van der Waals surface area (Å²) >= 11 is 0. The maximum Gasteiger partial charge on any atom is 0.137 e. The quantitative estimate of drug-likeness (QED) is 0.362. The van der Waals surface area contributed by atoms with Crippen molar-refractivity contribution in [2.45, 2.75) is 18.3 Å². The summed E-state index contributed by atoms with van der Waals surface area (Å²) < 4.78 is 0. The highest BCUT2D eigenvalue weighted by molar-refractivity contribution is 5.14. The van der Waals surface area contributed by atoms with Gasteiger partial charge in [-0.15, -0.1) is 0 Å². The van der Waals surface area contributed by atoms with Crippen molar-refractivity contribution in [2.24, 2.45) is 0 Å². The number of aliphatic hydroxyl groups is 1. The fourth-order valence-electron chi connectivity index (χ4n) is 0.982. The first-order chi connectivity index (χ1) is 4.36. The lowest BCUT2D eigenvalue weighted by atomic mass is 9.99. The van der Waals surface area contributed by atoms with Gasteiger partial charge in [-0.1, -0.05) is 12.2 Å². The van der Waals surface area contributed by atoms with Gasteiger partial charge in [-0.05, 0) is 0 Å². The highest BCUT2D eigenvalue weighted by Gasteiger charge is 2.33. The monoisotopic (exact) mass is 127 g/mol. The van der Waals surface area contributed by atoms with Crippen LogP contribution in [0, 0.1) is 6.42 Å². The van der Waals surface area contributed by atoms with Gasteiger partial charge in [0.1, 0.15) is 12.2 Å². The van der Waals surface area contributed by atoms with E-state index in [1.807, 2.05) is 6.08 Å². The molecule has 0 aromatic carbocycles. The Kier molecular flexibility index (Phi) is 1.08. The third kappa shape index (κ3) is 0.775. The molecule has 3 heteroatoms. The first kappa shape index (κ1) is 5.41. The van der Waals surface area contributed by atoms with Crippen LogP contribution in [0.4, 0.5) is 0 Å². The maximum absolute atomic E-state index is 9.09. The summed E-state index contributed by atoms with van der Waals surface area (Å²) in [6.07, 6.45) is 4.45. The second-order valence-corrected chi connectivity index (χ2v) is 2.19. The molecule has 2 heterocycles. The molecule has 0 aromatic rings. The van der Waals surface area contributed by atoms with Crippen LogP contribution in [-0.2, 0) is 9.78 Å². The van der Waals surface area contributed by atoms with Crippen LogP contribution in [-0.4, -0.2) is 23.4 Å². The van der Waals surface area contributed by atoms with Crippen LogP contribution in [0.2, 0.25) is 0 Å². The normalized spacial score (nSPS) is 47.9. The van der Waals surface area contributed by atoms with E-state index >= 15 is 0 Å². The molecule has 3 atom stereocenters. The summed E-state index contributed by atoms with van der Waals surface area (Å²) in [4.78, 5) is 9.47. The van der Waals surface area contributed by atoms with Crippen LogP contribution in [0.5, 0.6) is 0 Å². The summed E-state index contributed by atoms with van der Waals surface area (Å²) in [5, 5.41) is 9.09. The van der Waals surface area contributed by atoms with E-state index in [-0.39, 0.29) is 12.2 Å². The summed E-state index contributed by atoms with van der Waals surface area (Å²) in [6, 6.07) is 0. The van der Waals surface area contributed by atoms with Gasteiger partial charge in [0, 0.05) is 6.42 Å². The lowest BCUT2D eigenvalue weighted by Gasteiger charge is -2.32. The van der Waals surface area contributed by atoms with Gasteiger partial charge in [0.2, 0.25) is 0 Å². The fourth-order valence-corrected chi connectivity index (χ4v) is 0.982. The topological polar surface area (TPSA) is 38.7 Å². The molecule has 3 nitrogen and oxygen atoms in total. The van der Waals surface area contributed by atoms with Crippen molar-refractivity contribution in [3.05, 3.63) is 18.6 Å². The van der Waals surface area contributed by atoms with E-state index in [4.69, 9.17) is 14.9 Å². The minimum Gasteiger partial charge on any atom is -0.390 e. The first-order valence-corrected chi connectivity index (χ1v) is 2.90. The van der Waals surface area contributed by atoms with Crippen molar-refractivity contribution in [2.75, 3.05) is 0 Å². The molecule has 9 heavy (non-hydrogen) atoms. The molecule has 1 saturated heterocycles. The highest BCUT2D eigenvalue weighted by atomic mass is 17.2. The number of fused-ring (bicyclic) bond motifs is 2. The lowest BCUT2D eigenvalue weighted by molar-refractivity contribution is -0.364. The SMILES string of the molecule is O[C@@H]1[CH][C@H]2C=C[C@@H]1OO2. The second-order valence-electron chi connectivity index (χ2n) is 2.19. The van der Waals surface area contributed by atoms with Crippen LogP contribution in [0.15, 0.2) is 12.2 Å². The smallest absolute Gasteiger partial charge is 0.137 e. The van der Waals surface area contributed by atoms with Gasteiger partial charge < -0.3 is 5.11 Å². The molecule has 49 valence electrons. The molecule has 0 amide bonds. The largest absolute Gasteiger partial charge is 0.390 e. The fraction of sp³-hybridized carbons (Fsp3) is 0.500. The molecule has 3 aliphatic rings. The molecular weight excluding hydrogens is 120 g/mol. The summed E-state index contributed by atoms with van der Waals surface area (Å²) in [7, 11) is 0. The maximum atomic E-state index is 9.09. The van der Waals surface area contributed by atoms with Crippen LogP contribution in [0.3, 0.4) is 0 Å². The van der Waals surface area contributed by atoms with Crippen molar-refractivity contribution < 1.29 is 14.9 Å². The molecule has 0 saturated carbocycles. The minimum absolute atomic E-state index is 0.148. The van der Waals surface area contributed by atoms with Crippen molar-refractivity contribution in [3.63, 3.8) is 0 Å². The highest BCUT2D eigenvalue weighted by Crippen LogP contribution is 2.23. The Hall–Kier alpha value is -0.380. The molecular formula is C6H7O3. The van der Waals surface area contributed by atoms with Gasteiger partial charge in [-0.3, -0.25) is 0 Å². The van der Waals surface area contributed by atoms with E-state index in [0.29, 0.717) is 0 Å². The molecule has 0 aromatic heterocycles. The van der Waals surface area contributed by atoms with Crippen LogP contribution >= 0.6 is 0 Å². The van der Waals surface area contributed by atoms with Gasteiger partial charge in [0.25, 0.3) is 0 Å². The zero-order valence-electron chi connectivity index (χ0n) is 4.73. The van der Waals surface area contributed by atoms with E-state index in [0.717, 1.165) is 0 Å². The lowest BCUT2D eigenvalue weighted by Crippen LogP contribution is -2.42. The van der Waals surface area contributed by atoms with E-state index in [2.05, 4.69) is 0 Å². The Morgan fingerprint density at radius 2 is 2.11 bits per heavy atom. The molecule has 1 radical (unpaired) electrons. The van der Waals surface area contributed by atoms with Gasteiger partial charge >= 0.3 is 0 Å². The minimum atomic E-state index is -0.492. The molecule has 2 bridgehead atoms. The van der Waals surface area contributed by atoms with Crippen molar-refractivity contribution in [3.8, 4) is 0 Å². The average molecular weight is 127 g/mol. The van der Waals surface area contributed by atoms with Crippen molar-refractivity contribution in [1.82, 2.24) is 0 Å². The van der Waals surface area contributed by atoms with Gasteiger partial charge in [0.05, 0.1) is 6.10 Å². The number of hydrogen-bond donors (Lipinski definition) is 1. The molecule has 0 spiro atoms. The summed E-state index contributed by atoms with van der Waals surface area (Å²) in [5.74, 6) is 0. The first-order valence-electron chi connectivity index (χ1n) is 2.90. The van der Waals surface area contributed by atoms with E-state index in [9.17, 15) is 0 Å².